The molecule has 16 heavy (non-hydrogen) atoms. The summed E-state index contributed by atoms with van der Waals surface area (Å²) in [4.78, 5) is 2.29. The number of anilines is 1. The molecule has 0 radical (unpaired) electrons. The summed E-state index contributed by atoms with van der Waals surface area (Å²) >= 11 is 6.40. The molecule has 0 saturated carbocycles. The minimum absolute atomic E-state index is 0.0154. The van der Waals surface area contributed by atoms with Gasteiger partial charge < -0.3 is 15.0 Å². The van der Waals surface area contributed by atoms with Crippen molar-refractivity contribution in [2.75, 3.05) is 24.6 Å². The molecule has 0 aliphatic carbocycles. The Morgan fingerprint density at radius 1 is 1.31 bits per heavy atom. The smallest absolute Gasteiger partial charge is 0.142 e. The van der Waals surface area contributed by atoms with Crippen molar-refractivity contribution in [1.29, 1.82) is 0 Å². The summed E-state index contributed by atoms with van der Waals surface area (Å²) < 4.78 is 5.76. The molecule has 2 aliphatic heterocycles. The fraction of sp³-hybridized carbons (Fsp3) is 0.500. The van der Waals surface area contributed by atoms with E-state index in [1.165, 1.54) is 0 Å². The van der Waals surface area contributed by atoms with E-state index in [9.17, 15) is 0 Å². The van der Waals surface area contributed by atoms with Gasteiger partial charge in [0, 0.05) is 25.6 Å². The van der Waals surface area contributed by atoms with Gasteiger partial charge in [-0.2, -0.15) is 0 Å². The van der Waals surface area contributed by atoms with Crippen molar-refractivity contribution in [2.45, 2.75) is 18.0 Å². The first-order valence-corrected chi connectivity index (χ1v) is 6.15. The molecule has 2 unspecified atom stereocenters. The zero-order chi connectivity index (χ0) is 11.0. The average Bonchev–Trinajstić information content (AvgIpc) is 2.49. The number of fused-ring (bicyclic) bond motifs is 3. The minimum Gasteiger partial charge on any atom is -0.491 e. The van der Waals surface area contributed by atoms with Crippen molar-refractivity contribution >= 4 is 17.3 Å². The lowest BCUT2D eigenvalue weighted by Gasteiger charge is -2.40. The van der Waals surface area contributed by atoms with Gasteiger partial charge in [0.2, 0.25) is 0 Å². The fourth-order valence-electron chi connectivity index (χ4n) is 2.48. The summed E-state index contributed by atoms with van der Waals surface area (Å²) in [5.41, 5.74) is 1.15. The van der Waals surface area contributed by atoms with Crippen LogP contribution in [-0.2, 0) is 0 Å². The van der Waals surface area contributed by atoms with Crippen molar-refractivity contribution in [3.8, 4) is 5.75 Å². The van der Waals surface area contributed by atoms with E-state index >= 15 is 0 Å². The largest absolute Gasteiger partial charge is 0.491 e. The molecule has 2 atom stereocenters. The van der Waals surface area contributed by atoms with Gasteiger partial charge in [0.1, 0.15) is 11.3 Å². The number of halogens is 1. The molecule has 4 heteroatoms. The fourth-order valence-corrected chi connectivity index (χ4v) is 2.85. The van der Waals surface area contributed by atoms with Crippen molar-refractivity contribution in [1.82, 2.24) is 5.32 Å². The molecule has 2 heterocycles. The number of hydrogen-bond acceptors (Lipinski definition) is 3. The molecular formula is C12H15ClN2O. The maximum absolute atomic E-state index is 6.40. The summed E-state index contributed by atoms with van der Waals surface area (Å²) in [5, 5.41) is 3.36. The van der Waals surface area contributed by atoms with Crippen molar-refractivity contribution in [3.05, 3.63) is 24.3 Å². The van der Waals surface area contributed by atoms with Crippen LogP contribution in [-0.4, -0.2) is 31.2 Å². The molecule has 2 aliphatic rings. The number of ether oxygens (including phenoxy) is 1. The topological polar surface area (TPSA) is 24.5 Å². The van der Waals surface area contributed by atoms with Crippen molar-refractivity contribution in [2.24, 2.45) is 0 Å². The van der Waals surface area contributed by atoms with E-state index in [0.29, 0.717) is 6.04 Å². The van der Waals surface area contributed by atoms with Crippen LogP contribution in [0.15, 0.2) is 24.3 Å². The molecule has 0 amide bonds. The van der Waals surface area contributed by atoms with E-state index in [1.54, 1.807) is 0 Å². The summed E-state index contributed by atoms with van der Waals surface area (Å²) in [6.45, 7) is 2.58. The first-order chi connectivity index (χ1) is 7.86. The molecule has 3 rings (SSSR count). The lowest BCUT2D eigenvalue weighted by molar-refractivity contribution is 0.302. The first kappa shape index (κ1) is 10.2. The van der Waals surface area contributed by atoms with Crippen LogP contribution >= 0.6 is 11.6 Å². The number of alkyl halides is 1. The van der Waals surface area contributed by atoms with Crippen LogP contribution in [0.25, 0.3) is 0 Å². The van der Waals surface area contributed by atoms with Crippen LogP contribution in [0.5, 0.6) is 5.75 Å². The highest BCUT2D eigenvalue weighted by atomic mass is 35.5. The van der Waals surface area contributed by atoms with Gasteiger partial charge in [-0.1, -0.05) is 23.7 Å². The van der Waals surface area contributed by atoms with Gasteiger partial charge in [0.15, 0.2) is 0 Å². The third kappa shape index (κ3) is 1.64. The molecule has 86 valence electrons. The molecule has 1 aromatic rings. The highest BCUT2D eigenvalue weighted by molar-refractivity contribution is 6.22. The summed E-state index contributed by atoms with van der Waals surface area (Å²) in [5.74, 6) is 0.956. The number of hydrogen-bond donors (Lipinski definition) is 1. The Bertz CT molecular complexity index is 385. The number of nitrogens with zero attached hydrogens (tertiary/aromatic N) is 1. The molecule has 0 spiro atoms. The molecule has 0 bridgehead atoms. The number of piperazine rings is 1. The predicted molar refractivity (Wildman–Crippen MR) is 65.3 cm³/mol. The summed E-state index contributed by atoms with van der Waals surface area (Å²) in [6, 6.07) is 8.60. The van der Waals surface area contributed by atoms with Gasteiger partial charge in [-0.15, -0.1) is 0 Å². The summed E-state index contributed by atoms with van der Waals surface area (Å²) in [7, 11) is 0. The second-order valence-corrected chi connectivity index (χ2v) is 4.76. The Labute approximate surface area is 100 Å². The van der Waals surface area contributed by atoms with E-state index in [4.69, 9.17) is 16.3 Å². The van der Waals surface area contributed by atoms with Gasteiger partial charge in [-0.3, -0.25) is 0 Å². The zero-order valence-electron chi connectivity index (χ0n) is 9.03. The van der Waals surface area contributed by atoms with Gasteiger partial charge in [-0.25, -0.2) is 0 Å². The van der Waals surface area contributed by atoms with Crippen LogP contribution < -0.4 is 15.0 Å². The van der Waals surface area contributed by atoms with Gasteiger partial charge >= 0.3 is 0 Å². The first-order valence-electron chi connectivity index (χ1n) is 5.71. The maximum Gasteiger partial charge on any atom is 0.142 e. The number of para-hydroxylation sites is 2. The van der Waals surface area contributed by atoms with E-state index in [-0.39, 0.29) is 5.50 Å². The standard InChI is InChI=1S/C12H15ClN2O/c13-12-8-14-7-9-5-6-16-11-4-2-1-3-10(11)15(9)12/h1-4,9,12,14H,5-8H2. The molecule has 3 nitrogen and oxygen atoms in total. The number of rotatable bonds is 0. The van der Waals surface area contributed by atoms with Crippen LogP contribution in [0.4, 0.5) is 5.69 Å². The van der Waals surface area contributed by atoms with Crippen LogP contribution in [0.2, 0.25) is 0 Å². The Hall–Kier alpha value is -0.930. The Kier molecular flexibility index (Phi) is 2.65. The van der Waals surface area contributed by atoms with Crippen molar-refractivity contribution < 1.29 is 4.74 Å². The molecule has 1 saturated heterocycles. The molecule has 1 fully saturated rings. The molecule has 0 aromatic heterocycles. The number of nitrogens with one attached hydrogen (secondary N) is 1. The Morgan fingerprint density at radius 3 is 3.12 bits per heavy atom. The normalized spacial score (nSPS) is 28.7. The van der Waals surface area contributed by atoms with Gasteiger partial charge in [0.25, 0.3) is 0 Å². The van der Waals surface area contributed by atoms with E-state index < -0.39 is 0 Å². The van der Waals surface area contributed by atoms with Crippen LogP contribution in [0, 0.1) is 0 Å². The third-order valence-corrected chi connectivity index (χ3v) is 3.60. The van der Waals surface area contributed by atoms with E-state index in [1.807, 2.05) is 18.2 Å². The minimum atomic E-state index is 0.0154. The Morgan fingerprint density at radius 2 is 2.19 bits per heavy atom. The average molecular weight is 239 g/mol. The predicted octanol–water partition coefficient (Wildman–Crippen LogP) is 1.81. The zero-order valence-corrected chi connectivity index (χ0v) is 9.78. The molecular weight excluding hydrogens is 224 g/mol. The van der Waals surface area contributed by atoms with Crippen LogP contribution in [0.1, 0.15) is 6.42 Å². The Balaban J connectivity index is 2.03. The molecule has 1 aromatic carbocycles. The van der Waals surface area contributed by atoms with Crippen LogP contribution in [0.3, 0.4) is 0 Å². The second-order valence-electron chi connectivity index (χ2n) is 4.26. The third-order valence-electron chi connectivity index (χ3n) is 3.24. The lowest BCUT2D eigenvalue weighted by atomic mass is 10.1. The molecule has 1 N–H and O–H groups in total. The maximum atomic E-state index is 6.40. The monoisotopic (exact) mass is 238 g/mol. The lowest BCUT2D eigenvalue weighted by Crippen LogP contribution is -2.55. The SMILES string of the molecule is ClC1CNCC2CCOc3ccccc3N12. The van der Waals surface area contributed by atoms with E-state index in [0.717, 1.165) is 37.6 Å². The van der Waals surface area contributed by atoms with Gasteiger partial charge in [-0.05, 0) is 12.1 Å². The second kappa shape index (κ2) is 4.15. The van der Waals surface area contributed by atoms with E-state index in [2.05, 4.69) is 16.3 Å². The summed E-state index contributed by atoms with van der Waals surface area (Å²) in [6.07, 6.45) is 1.02. The quantitative estimate of drug-likeness (QED) is 0.551. The van der Waals surface area contributed by atoms with Crippen molar-refractivity contribution in [3.63, 3.8) is 0 Å². The number of benzene rings is 1. The highest BCUT2D eigenvalue weighted by Gasteiger charge is 2.32. The van der Waals surface area contributed by atoms with Gasteiger partial charge in [0.05, 0.1) is 12.3 Å². The highest BCUT2D eigenvalue weighted by Crippen LogP contribution is 2.35.